The Morgan fingerprint density at radius 1 is 1.16 bits per heavy atom. The van der Waals surface area contributed by atoms with Crippen molar-refractivity contribution < 1.29 is 19.1 Å². The highest BCUT2D eigenvalue weighted by Crippen LogP contribution is 2.24. The van der Waals surface area contributed by atoms with Crippen molar-refractivity contribution in [3.63, 3.8) is 0 Å². The van der Waals surface area contributed by atoms with Gasteiger partial charge in [0.05, 0.1) is 13.0 Å². The Hall–Kier alpha value is -2.04. The summed E-state index contributed by atoms with van der Waals surface area (Å²) in [5.74, 6) is -0.00453. The molecule has 0 spiro atoms. The minimum Gasteiger partial charge on any atom is -0.484 e. The molecular weight excluding hydrogens is 318 g/mol. The van der Waals surface area contributed by atoms with Crippen LogP contribution in [-0.4, -0.2) is 43.1 Å². The Morgan fingerprint density at radius 2 is 1.80 bits per heavy atom. The Kier molecular flexibility index (Phi) is 7.29. The van der Waals surface area contributed by atoms with Crippen molar-refractivity contribution in [1.82, 2.24) is 4.90 Å². The average Bonchev–Trinajstić information content (AvgIpc) is 2.65. The Labute approximate surface area is 150 Å². The fourth-order valence-corrected chi connectivity index (χ4v) is 3.28. The molecule has 5 heteroatoms. The van der Waals surface area contributed by atoms with Gasteiger partial charge in [0.1, 0.15) is 5.75 Å². The topological polar surface area (TPSA) is 55.8 Å². The Morgan fingerprint density at radius 3 is 2.40 bits per heavy atom. The first-order valence-corrected chi connectivity index (χ1v) is 9.08. The number of benzene rings is 1. The number of hydrogen-bond donors (Lipinski definition) is 0. The highest BCUT2D eigenvalue weighted by Gasteiger charge is 2.29. The summed E-state index contributed by atoms with van der Waals surface area (Å²) in [5.41, 5.74) is 1.15. The van der Waals surface area contributed by atoms with Gasteiger partial charge in [0, 0.05) is 12.6 Å². The highest BCUT2D eigenvalue weighted by molar-refractivity contribution is 5.79. The molecule has 1 aliphatic rings. The van der Waals surface area contributed by atoms with E-state index >= 15 is 0 Å². The summed E-state index contributed by atoms with van der Waals surface area (Å²) < 4.78 is 10.5. The lowest BCUT2D eigenvalue weighted by molar-refractivity contribution is -0.147. The van der Waals surface area contributed by atoms with Gasteiger partial charge in [0.25, 0.3) is 5.91 Å². The van der Waals surface area contributed by atoms with Gasteiger partial charge in [0.2, 0.25) is 0 Å². The number of aryl methyl sites for hydroxylation is 1. The summed E-state index contributed by atoms with van der Waals surface area (Å²) in [7, 11) is 1.38. The lowest BCUT2D eigenvalue weighted by Gasteiger charge is -2.35. The third-order valence-corrected chi connectivity index (χ3v) is 4.79. The lowest BCUT2D eigenvalue weighted by Crippen LogP contribution is -2.47. The molecule has 1 atom stereocenters. The van der Waals surface area contributed by atoms with Crippen LogP contribution in [0.5, 0.6) is 5.75 Å². The van der Waals surface area contributed by atoms with Crippen molar-refractivity contribution in [2.75, 3.05) is 20.3 Å². The van der Waals surface area contributed by atoms with E-state index in [1.807, 2.05) is 36.1 Å². The van der Waals surface area contributed by atoms with Gasteiger partial charge in [-0.2, -0.15) is 0 Å². The number of rotatable bonds is 7. The van der Waals surface area contributed by atoms with E-state index in [4.69, 9.17) is 9.47 Å². The molecule has 0 bridgehead atoms. The zero-order chi connectivity index (χ0) is 18.2. The molecule has 0 heterocycles. The van der Waals surface area contributed by atoms with Crippen LogP contribution in [0.25, 0.3) is 0 Å². The summed E-state index contributed by atoms with van der Waals surface area (Å²) in [5, 5.41) is 0. The van der Waals surface area contributed by atoms with Crippen LogP contribution >= 0.6 is 0 Å². The van der Waals surface area contributed by atoms with Crippen LogP contribution < -0.4 is 4.74 Å². The molecule has 1 aromatic rings. The van der Waals surface area contributed by atoms with Crippen LogP contribution in [0.1, 0.15) is 44.6 Å². The molecule has 2 rings (SSSR count). The second-order valence-electron chi connectivity index (χ2n) is 6.86. The van der Waals surface area contributed by atoms with Crippen molar-refractivity contribution >= 4 is 11.9 Å². The molecule has 0 aromatic heterocycles. The van der Waals surface area contributed by atoms with Crippen LogP contribution in [0.15, 0.2) is 24.3 Å². The molecule has 138 valence electrons. The van der Waals surface area contributed by atoms with Gasteiger partial charge < -0.3 is 14.4 Å². The standard InChI is InChI=1S/C20H29NO4/c1-15-9-11-18(12-10-15)25-14-19(22)21(13-16(2)20(23)24-3)17-7-5-4-6-8-17/h9-12,16-17H,4-8,13-14H2,1-3H3. The van der Waals surface area contributed by atoms with Gasteiger partial charge in [0.15, 0.2) is 6.61 Å². The summed E-state index contributed by atoms with van der Waals surface area (Å²) >= 11 is 0. The molecule has 5 nitrogen and oxygen atoms in total. The Balaban J connectivity index is 2.00. The number of carbonyl (C=O) groups is 2. The highest BCUT2D eigenvalue weighted by atomic mass is 16.5. The predicted molar refractivity (Wildman–Crippen MR) is 96.4 cm³/mol. The summed E-state index contributed by atoms with van der Waals surface area (Å²) in [6.45, 7) is 4.19. The number of carbonyl (C=O) groups excluding carboxylic acids is 2. The Bertz CT molecular complexity index is 564. The van der Waals surface area contributed by atoms with Crippen molar-refractivity contribution in [2.45, 2.75) is 52.0 Å². The average molecular weight is 347 g/mol. The first-order chi connectivity index (χ1) is 12.0. The van der Waals surface area contributed by atoms with Gasteiger partial charge in [-0.3, -0.25) is 9.59 Å². The normalized spacial score (nSPS) is 16.1. The number of hydrogen-bond acceptors (Lipinski definition) is 4. The molecule has 25 heavy (non-hydrogen) atoms. The number of amides is 1. The lowest BCUT2D eigenvalue weighted by atomic mass is 9.93. The molecule has 0 radical (unpaired) electrons. The minimum atomic E-state index is -0.338. The van der Waals surface area contributed by atoms with Gasteiger partial charge in [-0.25, -0.2) is 0 Å². The second-order valence-corrected chi connectivity index (χ2v) is 6.86. The van der Waals surface area contributed by atoms with E-state index in [9.17, 15) is 9.59 Å². The largest absolute Gasteiger partial charge is 0.484 e. The summed E-state index contributed by atoms with van der Waals surface area (Å²) in [6, 6.07) is 7.83. The van der Waals surface area contributed by atoms with E-state index in [1.165, 1.54) is 13.5 Å². The molecule has 1 unspecified atom stereocenters. The number of esters is 1. The van der Waals surface area contributed by atoms with E-state index in [1.54, 1.807) is 6.92 Å². The molecule has 1 saturated carbocycles. The van der Waals surface area contributed by atoms with E-state index in [-0.39, 0.29) is 30.4 Å². The van der Waals surface area contributed by atoms with Crippen molar-refractivity contribution in [2.24, 2.45) is 5.92 Å². The fourth-order valence-electron chi connectivity index (χ4n) is 3.28. The smallest absolute Gasteiger partial charge is 0.310 e. The van der Waals surface area contributed by atoms with Crippen LogP contribution in [0.2, 0.25) is 0 Å². The van der Waals surface area contributed by atoms with Crippen LogP contribution in [-0.2, 0) is 14.3 Å². The maximum atomic E-state index is 12.8. The molecule has 1 aliphatic carbocycles. The van der Waals surface area contributed by atoms with Gasteiger partial charge in [-0.15, -0.1) is 0 Å². The molecule has 1 fully saturated rings. The van der Waals surface area contributed by atoms with E-state index in [0.717, 1.165) is 31.2 Å². The molecular formula is C20H29NO4. The third kappa shape index (κ3) is 5.76. The van der Waals surface area contributed by atoms with Crippen LogP contribution in [0, 0.1) is 12.8 Å². The molecule has 0 saturated heterocycles. The second kappa shape index (κ2) is 9.44. The first kappa shape index (κ1) is 19.3. The van der Waals surface area contributed by atoms with Crippen molar-refractivity contribution in [3.8, 4) is 5.75 Å². The van der Waals surface area contributed by atoms with Gasteiger partial charge in [-0.1, -0.05) is 43.9 Å². The molecule has 1 amide bonds. The van der Waals surface area contributed by atoms with E-state index in [0.29, 0.717) is 12.3 Å². The monoisotopic (exact) mass is 347 g/mol. The van der Waals surface area contributed by atoms with Gasteiger partial charge in [-0.05, 0) is 31.9 Å². The maximum absolute atomic E-state index is 12.8. The van der Waals surface area contributed by atoms with Crippen molar-refractivity contribution in [1.29, 1.82) is 0 Å². The SMILES string of the molecule is COC(=O)C(C)CN(C(=O)COc1ccc(C)cc1)C1CCCCC1. The van der Waals surface area contributed by atoms with E-state index < -0.39 is 0 Å². The molecule has 0 aliphatic heterocycles. The fraction of sp³-hybridized carbons (Fsp3) is 0.600. The molecule has 1 aromatic carbocycles. The number of ether oxygens (including phenoxy) is 2. The third-order valence-electron chi connectivity index (χ3n) is 4.79. The quantitative estimate of drug-likeness (QED) is 0.710. The zero-order valence-electron chi connectivity index (χ0n) is 15.5. The zero-order valence-corrected chi connectivity index (χ0v) is 15.5. The predicted octanol–water partition coefficient (Wildman–Crippen LogP) is 3.34. The number of nitrogens with zero attached hydrogens (tertiary/aromatic N) is 1. The molecule has 0 N–H and O–H groups in total. The first-order valence-electron chi connectivity index (χ1n) is 9.08. The maximum Gasteiger partial charge on any atom is 0.310 e. The summed E-state index contributed by atoms with van der Waals surface area (Å²) in [4.78, 5) is 26.4. The van der Waals surface area contributed by atoms with E-state index in [2.05, 4.69) is 0 Å². The minimum absolute atomic E-state index is 0.00649. The van der Waals surface area contributed by atoms with Crippen molar-refractivity contribution in [3.05, 3.63) is 29.8 Å². The summed E-state index contributed by atoms with van der Waals surface area (Å²) in [6.07, 6.45) is 5.44. The van der Waals surface area contributed by atoms with Crippen LogP contribution in [0.3, 0.4) is 0 Å². The number of methoxy groups -OCH3 is 1. The van der Waals surface area contributed by atoms with Crippen LogP contribution in [0.4, 0.5) is 0 Å². The van der Waals surface area contributed by atoms with Gasteiger partial charge >= 0.3 is 5.97 Å².